The minimum Gasteiger partial charge on any atom is -0.496 e. The van der Waals surface area contributed by atoms with Gasteiger partial charge in [0.2, 0.25) is 0 Å². The summed E-state index contributed by atoms with van der Waals surface area (Å²) in [4.78, 5) is 23.8. The van der Waals surface area contributed by atoms with Crippen LogP contribution < -0.4 is 19.5 Å². The standard InChI is InChI=1S/C32H31ClFN3O4.C7H12O2/c1-37(2)17-25-27(34)12-19(13-29(25)39-3)21-8-6-10-23(32(21)33)22-9-7-11-28(24(22)16-35)36-20-14-30(40-4)26(18-38)31(15-20)41-5;8-7(9)6-4-2-1-3-5-6/h6-16,18,35-36H,17H2,1-5H3;6H,1-5H2,(H,8,9). The number of aliphatic carboxylic acids is 1. The zero-order valence-electron chi connectivity index (χ0n) is 28.9. The summed E-state index contributed by atoms with van der Waals surface area (Å²) in [5.41, 5.74) is 5.16. The summed E-state index contributed by atoms with van der Waals surface area (Å²) >= 11 is 6.97. The van der Waals surface area contributed by atoms with Gasteiger partial charge >= 0.3 is 5.97 Å². The smallest absolute Gasteiger partial charge is 0.306 e. The highest BCUT2D eigenvalue weighted by Crippen LogP contribution is 2.41. The van der Waals surface area contributed by atoms with Crippen LogP contribution in [0.15, 0.2) is 60.7 Å². The van der Waals surface area contributed by atoms with Gasteiger partial charge in [0, 0.05) is 58.5 Å². The number of nitrogens with zero attached hydrogens (tertiary/aromatic N) is 1. The molecule has 0 heterocycles. The molecule has 0 atom stereocenters. The molecule has 0 aliphatic heterocycles. The van der Waals surface area contributed by atoms with Gasteiger partial charge in [-0.25, -0.2) is 4.39 Å². The molecule has 9 nitrogen and oxygen atoms in total. The molecule has 1 aliphatic rings. The molecule has 0 aromatic heterocycles. The van der Waals surface area contributed by atoms with E-state index in [0.717, 1.165) is 25.7 Å². The molecule has 1 saturated carbocycles. The Kier molecular flexibility index (Phi) is 13.4. The first kappa shape index (κ1) is 37.9. The summed E-state index contributed by atoms with van der Waals surface area (Å²) in [5.74, 6) is 0.127. The Balaban J connectivity index is 0.000000541. The van der Waals surface area contributed by atoms with Gasteiger partial charge in [0.15, 0.2) is 6.29 Å². The van der Waals surface area contributed by atoms with Crippen molar-refractivity contribution in [3.63, 3.8) is 0 Å². The number of benzene rings is 4. The summed E-state index contributed by atoms with van der Waals surface area (Å²) in [5, 5.41) is 20.5. The van der Waals surface area contributed by atoms with E-state index in [9.17, 15) is 9.59 Å². The molecule has 1 aliphatic carbocycles. The van der Waals surface area contributed by atoms with Gasteiger partial charge < -0.3 is 34.9 Å². The van der Waals surface area contributed by atoms with Crippen molar-refractivity contribution in [2.45, 2.75) is 38.6 Å². The zero-order chi connectivity index (χ0) is 36.4. The van der Waals surface area contributed by atoms with E-state index < -0.39 is 5.97 Å². The van der Waals surface area contributed by atoms with E-state index in [1.165, 1.54) is 40.0 Å². The van der Waals surface area contributed by atoms with Crippen molar-refractivity contribution >= 4 is 41.4 Å². The molecule has 0 radical (unpaired) electrons. The topological polar surface area (TPSA) is 121 Å². The Hall–Kier alpha value is -4.93. The monoisotopic (exact) mass is 703 g/mol. The second kappa shape index (κ2) is 17.6. The van der Waals surface area contributed by atoms with Crippen molar-refractivity contribution in [1.29, 1.82) is 5.41 Å². The number of rotatable bonds is 12. The molecule has 11 heteroatoms. The molecule has 50 heavy (non-hydrogen) atoms. The van der Waals surface area contributed by atoms with E-state index in [4.69, 9.17) is 36.3 Å². The largest absolute Gasteiger partial charge is 0.496 e. The number of aldehydes is 1. The molecular weight excluding hydrogens is 661 g/mol. The highest BCUT2D eigenvalue weighted by atomic mass is 35.5. The second-order valence-corrected chi connectivity index (χ2v) is 12.5. The lowest BCUT2D eigenvalue weighted by Gasteiger charge is -2.18. The average Bonchev–Trinajstić information content (AvgIpc) is 3.12. The number of nitrogens with one attached hydrogen (secondary N) is 2. The Bertz CT molecular complexity index is 1820. The number of hydrogen-bond donors (Lipinski definition) is 3. The molecule has 4 aromatic carbocycles. The first-order valence-corrected chi connectivity index (χ1v) is 16.6. The number of anilines is 2. The molecule has 4 aromatic rings. The van der Waals surface area contributed by atoms with E-state index >= 15 is 4.39 Å². The molecular formula is C39H43ClFN3O6. The van der Waals surface area contributed by atoms with Gasteiger partial charge in [-0.15, -0.1) is 0 Å². The Morgan fingerprint density at radius 1 is 0.920 bits per heavy atom. The fourth-order valence-corrected chi connectivity index (χ4v) is 6.42. The number of halogens is 2. The Morgan fingerprint density at radius 2 is 1.52 bits per heavy atom. The van der Waals surface area contributed by atoms with E-state index in [1.807, 2.05) is 55.4 Å². The summed E-state index contributed by atoms with van der Waals surface area (Å²) in [6, 6.07) is 17.7. The third-order valence-electron chi connectivity index (χ3n) is 8.59. The van der Waals surface area contributed by atoms with Crippen LogP contribution in [0.4, 0.5) is 15.8 Å². The maximum absolute atomic E-state index is 15.2. The molecule has 3 N–H and O–H groups in total. The van der Waals surface area contributed by atoms with E-state index in [2.05, 4.69) is 5.32 Å². The first-order chi connectivity index (χ1) is 24.1. The van der Waals surface area contributed by atoms with Crippen LogP contribution in [0.1, 0.15) is 53.6 Å². The normalized spacial score (nSPS) is 12.8. The molecule has 0 bridgehead atoms. The zero-order valence-corrected chi connectivity index (χ0v) is 29.7. The lowest BCUT2D eigenvalue weighted by atomic mass is 9.90. The Labute approximate surface area is 297 Å². The number of carbonyl (C=O) groups excluding carboxylic acids is 1. The van der Waals surface area contributed by atoms with Gasteiger partial charge in [0.25, 0.3) is 0 Å². The lowest BCUT2D eigenvalue weighted by Crippen LogP contribution is -2.16. The molecule has 0 spiro atoms. The van der Waals surface area contributed by atoms with Crippen molar-refractivity contribution in [2.24, 2.45) is 5.92 Å². The number of carboxylic acid groups (broad SMARTS) is 1. The van der Waals surface area contributed by atoms with Gasteiger partial charge in [-0.1, -0.05) is 61.2 Å². The van der Waals surface area contributed by atoms with Crippen molar-refractivity contribution < 1.29 is 33.3 Å². The number of hydrogen-bond acceptors (Lipinski definition) is 8. The van der Waals surface area contributed by atoms with Gasteiger partial charge in [0.05, 0.1) is 37.8 Å². The third-order valence-corrected chi connectivity index (χ3v) is 9.00. The minimum atomic E-state index is -0.602. The van der Waals surface area contributed by atoms with Crippen LogP contribution in [0.25, 0.3) is 22.3 Å². The van der Waals surface area contributed by atoms with Gasteiger partial charge in [-0.2, -0.15) is 0 Å². The van der Waals surface area contributed by atoms with Crippen molar-refractivity contribution in [1.82, 2.24) is 4.90 Å². The van der Waals surface area contributed by atoms with E-state index in [0.29, 0.717) is 85.4 Å². The quantitative estimate of drug-likeness (QED) is 0.0987. The molecule has 5 rings (SSSR count). The summed E-state index contributed by atoms with van der Waals surface area (Å²) < 4.78 is 31.5. The van der Waals surface area contributed by atoms with Crippen LogP contribution in [-0.4, -0.2) is 63.9 Å². The van der Waals surface area contributed by atoms with Crippen LogP contribution in [0.3, 0.4) is 0 Å². The van der Waals surface area contributed by atoms with Crippen LogP contribution >= 0.6 is 11.6 Å². The van der Waals surface area contributed by atoms with Gasteiger partial charge in [0.1, 0.15) is 23.1 Å². The summed E-state index contributed by atoms with van der Waals surface area (Å²) in [6.07, 6.45) is 7.16. The van der Waals surface area contributed by atoms with Crippen molar-refractivity contribution in [2.75, 3.05) is 40.7 Å². The van der Waals surface area contributed by atoms with Gasteiger partial charge in [-0.3, -0.25) is 9.59 Å². The second-order valence-electron chi connectivity index (χ2n) is 12.2. The fourth-order valence-electron chi connectivity index (χ4n) is 6.08. The molecule has 0 unspecified atom stereocenters. The molecule has 264 valence electrons. The molecule has 0 amide bonds. The maximum Gasteiger partial charge on any atom is 0.306 e. The van der Waals surface area contributed by atoms with E-state index in [-0.39, 0.29) is 11.7 Å². The van der Waals surface area contributed by atoms with Crippen molar-refractivity contribution in [3.05, 3.63) is 88.2 Å². The predicted octanol–water partition coefficient (Wildman–Crippen LogP) is 9.11. The third kappa shape index (κ3) is 8.80. The number of carbonyl (C=O) groups is 2. The molecule has 1 fully saturated rings. The highest BCUT2D eigenvalue weighted by Gasteiger charge is 2.20. The summed E-state index contributed by atoms with van der Waals surface area (Å²) in [6.45, 7) is 0.390. The van der Waals surface area contributed by atoms with Crippen molar-refractivity contribution in [3.8, 4) is 39.5 Å². The van der Waals surface area contributed by atoms with Crippen LogP contribution in [0, 0.1) is 17.1 Å². The average molecular weight is 704 g/mol. The lowest BCUT2D eigenvalue weighted by molar-refractivity contribution is -0.142. The first-order valence-electron chi connectivity index (χ1n) is 16.2. The van der Waals surface area contributed by atoms with E-state index in [1.54, 1.807) is 18.2 Å². The minimum absolute atomic E-state index is 0.0289. The van der Waals surface area contributed by atoms with Crippen LogP contribution in [0.2, 0.25) is 5.02 Å². The number of ether oxygens (including phenoxy) is 3. The maximum atomic E-state index is 15.2. The number of carboxylic acids is 1. The highest BCUT2D eigenvalue weighted by molar-refractivity contribution is 6.36. The summed E-state index contributed by atoms with van der Waals surface area (Å²) in [7, 11) is 8.19. The van der Waals surface area contributed by atoms with Gasteiger partial charge in [-0.05, 0) is 56.3 Å². The number of methoxy groups -OCH3 is 3. The van der Waals surface area contributed by atoms with Crippen LogP contribution in [0.5, 0.6) is 17.2 Å². The predicted molar refractivity (Wildman–Crippen MR) is 197 cm³/mol. The Morgan fingerprint density at radius 3 is 2.06 bits per heavy atom. The van der Waals surface area contributed by atoms with Crippen LogP contribution in [-0.2, 0) is 11.3 Å². The molecule has 0 saturated heterocycles. The SMILES string of the molecule is COc1cc(Nc2cccc(-c3cccc(-c4cc(F)c(CN(C)C)c(OC)c4)c3Cl)c2C=N)cc(OC)c1C=O.O=C(O)C1CCCCC1. The fraction of sp³-hybridized carbons (Fsp3) is 0.308.